The van der Waals surface area contributed by atoms with Crippen LogP contribution in [0.15, 0.2) is 24.4 Å². The number of fused-ring (bicyclic) bond motifs is 1. The van der Waals surface area contributed by atoms with Crippen LogP contribution in [0.1, 0.15) is 18.5 Å². The lowest BCUT2D eigenvalue weighted by atomic mass is 10.2. The SMILES string of the molecule is Cc1cc(Nc2nc(N3CCC[C@H]3CO)nn3cccc23)n[nH]1. The van der Waals surface area contributed by atoms with E-state index in [1.54, 1.807) is 4.52 Å². The number of hydrogen-bond donors (Lipinski definition) is 3. The Kier molecular flexibility index (Phi) is 3.38. The van der Waals surface area contributed by atoms with Crippen molar-refractivity contribution in [2.24, 2.45) is 0 Å². The fourth-order valence-corrected chi connectivity index (χ4v) is 3.03. The monoisotopic (exact) mass is 313 g/mol. The second kappa shape index (κ2) is 5.54. The summed E-state index contributed by atoms with van der Waals surface area (Å²) in [7, 11) is 0. The molecule has 1 aliphatic rings. The highest BCUT2D eigenvalue weighted by molar-refractivity contribution is 5.73. The van der Waals surface area contributed by atoms with Gasteiger partial charge in [0.1, 0.15) is 5.52 Å². The lowest BCUT2D eigenvalue weighted by molar-refractivity contribution is 0.265. The van der Waals surface area contributed by atoms with Crippen molar-refractivity contribution in [1.29, 1.82) is 0 Å². The Morgan fingerprint density at radius 1 is 1.48 bits per heavy atom. The van der Waals surface area contributed by atoms with Crippen molar-refractivity contribution >= 4 is 23.1 Å². The third-order valence-corrected chi connectivity index (χ3v) is 4.18. The number of hydrogen-bond acceptors (Lipinski definition) is 6. The maximum Gasteiger partial charge on any atom is 0.245 e. The van der Waals surface area contributed by atoms with E-state index in [0.717, 1.165) is 36.4 Å². The van der Waals surface area contributed by atoms with Crippen LogP contribution >= 0.6 is 0 Å². The van der Waals surface area contributed by atoms with E-state index in [2.05, 4.69) is 30.5 Å². The van der Waals surface area contributed by atoms with Crippen LogP contribution in [0, 0.1) is 6.92 Å². The number of rotatable bonds is 4. The van der Waals surface area contributed by atoms with Gasteiger partial charge in [-0.2, -0.15) is 10.1 Å². The van der Waals surface area contributed by atoms with Gasteiger partial charge in [0.05, 0.1) is 12.6 Å². The number of aromatic amines is 1. The Morgan fingerprint density at radius 3 is 3.17 bits per heavy atom. The largest absolute Gasteiger partial charge is 0.394 e. The smallest absolute Gasteiger partial charge is 0.245 e. The number of aliphatic hydroxyl groups is 1. The van der Waals surface area contributed by atoms with Crippen LogP contribution in [0.5, 0.6) is 0 Å². The zero-order chi connectivity index (χ0) is 15.8. The number of aryl methyl sites for hydroxylation is 1. The minimum Gasteiger partial charge on any atom is -0.394 e. The van der Waals surface area contributed by atoms with Crippen molar-refractivity contribution in [3.05, 3.63) is 30.1 Å². The van der Waals surface area contributed by atoms with Crippen LogP contribution in [0.2, 0.25) is 0 Å². The summed E-state index contributed by atoms with van der Waals surface area (Å²) < 4.78 is 1.80. The molecule has 0 saturated carbocycles. The van der Waals surface area contributed by atoms with E-state index in [9.17, 15) is 5.11 Å². The maximum absolute atomic E-state index is 9.54. The molecule has 0 aromatic carbocycles. The number of anilines is 3. The Morgan fingerprint density at radius 2 is 2.39 bits per heavy atom. The molecular weight excluding hydrogens is 294 g/mol. The van der Waals surface area contributed by atoms with Crippen LogP contribution in [0.4, 0.5) is 17.6 Å². The summed E-state index contributed by atoms with van der Waals surface area (Å²) >= 11 is 0. The molecule has 0 spiro atoms. The molecule has 1 fully saturated rings. The zero-order valence-corrected chi connectivity index (χ0v) is 12.9. The molecule has 1 atom stereocenters. The van der Waals surface area contributed by atoms with E-state index in [1.807, 2.05) is 31.3 Å². The number of aromatic nitrogens is 5. The first-order valence-electron chi connectivity index (χ1n) is 7.76. The second-order valence-electron chi connectivity index (χ2n) is 5.83. The van der Waals surface area contributed by atoms with E-state index in [0.29, 0.717) is 11.8 Å². The lowest BCUT2D eigenvalue weighted by Gasteiger charge is -2.23. The van der Waals surface area contributed by atoms with Crippen LogP contribution in [0.3, 0.4) is 0 Å². The van der Waals surface area contributed by atoms with Gasteiger partial charge in [0.25, 0.3) is 0 Å². The highest BCUT2D eigenvalue weighted by Crippen LogP contribution is 2.26. The van der Waals surface area contributed by atoms with Crippen molar-refractivity contribution in [3.8, 4) is 0 Å². The summed E-state index contributed by atoms with van der Waals surface area (Å²) in [6.45, 7) is 2.93. The highest BCUT2D eigenvalue weighted by Gasteiger charge is 2.27. The molecule has 0 bridgehead atoms. The van der Waals surface area contributed by atoms with Crippen LogP contribution in [0.25, 0.3) is 5.52 Å². The van der Waals surface area contributed by atoms with Gasteiger partial charge < -0.3 is 15.3 Å². The third-order valence-electron chi connectivity index (χ3n) is 4.18. The molecule has 120 valence electrons. The molecule has 4 rings (SSSR count). The zero-order valence-electron chi connectivity index (χ0n) is 12.9. The Labute approximate surface area is 133 Å². The van der Waals surface area contributed by atoms with Gasteiger partial charge >= 0.3 is 0 Å². The molecule has 0 unspecified atom stereocenters. The third kappa shape index (κ3) is 2.50. The highest BCUT2D eigenvalue weighted by atomic mass is 16.3. The molecule has 8 heteroatoms. The number of nitrogens with one attached hydrogen (secondary N) is 2. The van der Waals surface area contributed by atoms with Crippen molar-refractivity contribution < 1.29 is 5.11 Å². The van der Waals surface area contributed by atoms with E-state index in [1.165, 1.54) is 0 Å². The molecule has 3 aromatic rings. The van der Waals surface area contributed by atoms with Gasteiger partial charge in [-0.15, -0.1) is 5.10 Å². The minimum atomic E-state index is 0.0866. The van der Waals surface area contributed by atoms with E-state index in [4.69, 9.17) is 0 Å². The molecule has 0 amide bonds. The molecule has 8 nitrogen and oxygen atoms in total. The van der Waals surface area contributed by atoms with Crippen molar-refractivity contribution in [3.63, 3.8) is 0 Å². The van der Waals surface area contributed by atoms with Crippen LogP contribution in [-0.4, -0.2) is 49.1 Å². The first-order chi connectivity index (χ1) is 11.2. The first-order valence-corrected chi connectivity index (χ1v) is 7.76. The van der Waals surface area contributed by atoms with Gasteiger partial charge in [0, 0.05) is 24.5 Å². The average Bonchev–Trinajstić information content (AvgIpc) is 3.26. The predicted octanol–water partition coefficient (Wildman–Crippen LogP) is 1.47. The molecule has 1 aliphatic heterocycles. The number of H-pyrrole nitrogens is 1. The Bertz CT molecular complexity index is 824. The quantitative estimate of drug-likeness (QED) is 0.675. The Balaban J connectivity index is 1.75. The van der Waals surface area contributed by atoms with Crippen molar-refractivity contribution in [2.75, 3.05) is 23.4 Å². The van der Waals surface area contributed by atoms with Gasteiger partial charge in [-0.1, -0.05) is 0 Å². The van der Waals surface area contributed by atoms with Crippen molar-refractivity contribution in [2.45, 2.75) is 25.8 Å². The summed E-state index contributed by atoms with van der Waals surface area (Å²) in [5.74, 6) is 2.05. The standard InChI is InChI=1S/C15H19N7O/c1-10-8-13(19-18-10)16-14-12-5-3-7-22(12)20-15(17-14)21-6-2-4-11(21)9-23/h3,5,7-8,11,23H,2,4,6,9H2,1H3,(H2,16,17,18,19,20)/t11-/m0/s1. The summed E-state index contributed by atoms with van der Waals surface area (Å²) in [4.78, 5) is 6.75. The summed E-state index contributed by atoms with van der Waals surface area (Å²) in [5, 5.41) is 24.5. The molecule has 0 radical (unpaired) electrons. The second-order valence-corrected chi connectivity index (χ2v) is 5.83. The van der Waals surface area contributed by atoms with Crippen LogP contribution in [-0.2, 0) is 0 Å². The van der Waals surface area contributed by atoms with Gasteiger partial charge in [-0.25, -0.2) is 4.52 Å². The topological polar surface area (TPSA) is 94.4 Å². The molecule has 1 saturated heterocycles. The normalized spacial score (nSPS) is 18.0. The maximum atomic E-state index is 9.54. The van der Waals surface area contributed by atoms with E-state index >= 15 is 0 Å². The average molecular weight is 313 g/mol. The summed E-state index contributed by atoms with van der Waals surface area (Å²) in [6.07, 6.45) is 3.90. The fourth-order valence-electron chi connectivity index (χ4n) is 3.03. The molecule has 4 heterocycles. The molecule has 23 heavy (non-hydrogen) atoms. The van der Waals surface area contributed by atoms with Gasteiger partial charge in [-0.3, -0.25) is 5.10 Å². The molecule has 3 aromatic heterocycles. The minimum absolute atomic E-state index is 0.0866. The first kappa shape index (κ1) is 14.0. The van der Waals surface area contributed by atoms with Gasteiger partial charge in [0.15, 0.2) is 11.6 Å². The fraction of sp³-hybridized carbons (Fsp3) is 0.400. The molecule has 3 N–H and O–H groups in total. The predicted molar refractivity (Wildman–Crippen MR) is 87.0 cm³/mol. The number of aliphatic hydroxyl groups excluding tert-OH is 1. The van der Waals surface area contributed by atoms with Gasteiger partial charge in [0.2, 0.25) is 5.95 Å². The van der Waals surface area contributed by atoms with Gasteiger partial charge in [-0.05, 0) is 31.9 Å². The van der Waals surface area contributed by atoms with Crippen LogP contribution < -0.4 is 10.2 Å². The summed E-state index contributed by atoms with van der Waals surface area (Å²) in [6, 6.07) is 5.90. The van der Waals surface area contributed by atoms with E-state index in [-0.39, 0.29) is 12.6 Å². The molecular formula is C15H19N7O. The molecule has 0 aliphatic carbocycles. The van der Waals surface area contributed by atoms with E-state index < -0.39 is 0 Å². The number of nitrogens with zero attached hydrogens (tertiary/aromatic N) is 5. The summed E-state index contributed by atoms with van der Waals surface area (Å²) in [5.41, 5.74) is 1.86. The lowest BCUT2D eigenvalue weighted by Crippen LogP contribution is -2.34. The van der Waals surface area contributed by atoms with Crippen molar-refractivity contribution in [1.82, 2.24) is 24.8 Å². The Hall–Kier alpha value is -2.61.